The number of hydrogen-bond acceptors (Lipinski definition) is 5. The standard InChI is InChI=1S/C25H25ClFN5O/c26-22-11-19(3-5-23(22)27)30-25-21-12-20(4-6-24(21)28-16-29-25)32-14-17(7-10-33)18(15-32)13-31-8-1-2-9-31/h3-6,11-12,14-16,33H,1-2,7-10,13H2,(H,28,29,30). The van der Waals surface area contributed by atoms with Crippen LogP contribution in [0.4, 0.5) is 15.9 Å². The number of likely N-dealkylation sites (tertiary alicyclic amines) is 1. The van der Waals surface area contributed by atoms with Crippen molar-refractivity contribution in [1.29, 1.82) is 0 Å². The molecule has 0 radical (unpaired) electrons. The number of hydrogen-bond donors (Lipinski definition) is 2. The summed E-state index contributed by atoms with van der Waals surface area (Å²) in [5.41, 5.74) is 4.82. The van der Waals surface area contributed by atoms with Crippen LogP contribution in [-0.2, 0) is 13.0 Å². The monoisotopic (exact) mass is 465 g/mol. The normalized spacial score (nSPS) is 14.3. The summed E-state index contributed by atoms with van der Waals surface area (Å²) >= 11 is 5.93. The lowest BCUT2D eigenvalue weighted by molar-refractivity contribution is 0.297. The van der Waals surface area contributed by atoms with Gasteiger partial charge in [0.15, 0.2) is 0 Å². The van der Waals surface area contributed by atoms with Gasteiger partial charge in [0.05, 0.1) is 10.5 Å². The molecular formula is C25H25ClFN5O. The van der Waals surface area contributed by atoms with Crippen LogP contribution in [0.2, 0.25) is 5.02 Å². The molecule has 1 saturated heterocycles. The minimum atomic E-state index is -0.465. The third-order valence-corrected chi connectivity index (χ3v) is 6.37. The van der Waals surface area contributed by atoms with Gasteiger partial charge in [-0.3, -0.25) is 4.90 Å². The minimum Gasteiger partial charge on any atom is -0.396 e. The number of aliphatic hydroxyl groups excluding tert-OH is 1. The summed E-state index contributed by atoms with van der Waals surface area (Å²) in [6.45, 7) is 3.27. The molecule has 1 aliphatic rings. The molecular weight excluding hydrogens is 441 g/mol. The summed E-state index contributed by atoms with van der Waals surface area (Å²) in [7, 11) is 0. The van der Waals surface area contributed by atoms with Gasteiger partial charge in [-0.05, 0) is 79.9 Å². The van der Waals surface area contributed by atoms with E-state index < -0.39 is 5.82 Å². The van der Waals surface area contributed by atoms with Crippen molar-refractivity contribution in [2.75, 3.05) is 25.0 Å². The Morgan fingerprint density at radius 2 is 1.85 bits per heavy atom. The molecule has 5 rings (SSSR count). The van der Waals surface area contributed by atoms with Crippen LogP contribution >= 0.6 is 11.6 Å². The average Bonchev–Trinajstić information content (AvgIpc) is 3.47. The summed E-state index contributed by atoms with van der Waals surface area (Å²) in [5, 5.41) is 13.7. The average molecular weight is 466 g/mol. The van der Waals surface area contributed by atoms with Crippen molar-refractivity contribution in [2.45, 2.75) is 25.8 Å². The fraction of sp³-hybridized carbons (Fsp3) is 0.280. The van der Waals surface area contributed by atoms with Crippen molar-refractivity contribution in [1.82, 2.24) is 19.4 Å². The van der Waals surface area contributed by atoms with Gasteiger partial charge in [-0.2, -0.15) is 0 Å². The Labute approximate surface area is 196 Å². The molecule has 0 atom stereocenters. The van der Waals surface area contributed by atoms with Crippen molar-refractivity contribution in [3.8, 4) is 5.69 Å². The van der Waals surface area contributed by atoms with Crippen LogP contribution in [0, 0.1) is 5.82 Å². The number of benzene rings is 2. The van der Waals surface area contributed by atoms with E-state index >= 15 is 0 Å². The van der Waals surface area contributed by atoms with Crippen LogP contribution in [0.25, 0.3) is 16.6 Å². The first-order chi connectivity index (χ1) is 16.1. The molecule has 2 aromatic carbocycles. The Bertz CT molecular complexity index is 1290. The van der Waals surface area contributed by atoms with Gasteiger partial charge in [0.25, 0.3) is 0 Å². The maximum atomic E-state index is 13.5. The summed E-state index contributed by atoms with van der Waals surface area (Å²) in [5.74, 6) is 0.151. The van der Waals surface area contributed by atoms with Crippen LogP contribution in [0.15, 0.2) is 55.1 Å². The first kappa shape index (κ1) is 21.8. The third-order valence-electron chi connectivity index (χ3n) is 6.08. The fourth-order valence-corrected chi connectivity index (χ4v) is 4.55. The van der Waals surface area contributed by atoms with Crippen molar-refractivity contribution in [3.05, 3.63) is 77.1 Å². The number of anilines is 2. The molecule has 2 aromatic heterocycles. The van der Waals surface area contributed by atoms with E-state index in [0.717, 1.165) is 41.8 Å². The molecule has 0 unspecified atom stereocenters. The summed E-state index contributed by atoms with van der Waals surface area (Å²) in [6.07, 6.45) is 8.87. The van der Waals surface area contributed by atoms with Crippen molar-refractivity contribution in [2.24, 2.45) is 0 Å². The van der Waals surface area contributed by atoms with Crippen LogP contribution < -0.4 is 5.32 Å². The second-order valence-corrected chi connectivity index (χ2v) is 8.76. The lowest BCUT2D eigenvalue weighted by Crippen LogP contribution is -2.18. The zero-order chi connectivity index (χ0) is 22.8. The van der Waals surface area contributed by atoms with Crippen LogP contribution in [0.5, 0.6) is 0 Å². The number of aliphatic hydroxyl groups is 1. The van der Waals surface area contributed by atoms with Crippen LogP contribution in [0.1, 0.15) is 24.0 Å². The molecule has 6 nitrogen and oxygen atoms in total. The second-order valence-electron chi connectivity index (χ2n) is 8.35. The van der Waals surface area contributed by atoms with E-state index in [1.165, 1.54) is 36.9 Å². The molecule has 0 aliphatic carbocycles. The Hall–Kier alpha value is -3.00. The molecule has 4 aromatic rings. The maximum Gasteiger partial charge on any atom is 0.141 e. The van der Waals surface area contributed by atoms with Gasteiger partial charge in [-0.1, -0.05) is 11.6 Å². The SMILES string of the molecule is OCCc1cn(-c2ccc3ncnc(Nc4ccc(F)c(Cl)c4)c3c2)cc1CN1CCCC1. The molecule has 1 aliphatic heterocycles. The first-order valence-corrected chi connectivity index (χ1v) is 11.5. The topological polar surface area (TPSA) is 66.2 Å². The molecule has 0 spiro atoms. The quantitative estimate of drug-likeness (QED) is 0.398. The number of aromatic nitrogens is 3. The molecule has 3 heterocycles. The predicted molar refractivity (Wildman–Crippen MR) is 129 cm³/mol. The van der Waals surface area contributed by atoms with Gasteiger partial charge < -0.3 is 15.0 Å². The number of halogens is 2. The van der Waals surface area contributed by atoms with E-state index in [-0.39, 0.29) is 11.6 Å². The van der Waals surface area contributed by atoms with Crippen LogP contribution in [-0.4, -0.2) is 44.2 Å². The number of nitrogens with zero attached hydrogens (tertiary/aromatic N) is 4. The lowest BCUT2D eigenvalue weighted by atomic mass is 10.1. The summed E-state index contributed by atoms with van der Waals surface area (Å²) in [6, 6.07) is 10.5. The highest BCUT2D eigenvalue weighted by molar-refractivity contribution is 6.31. The minimum absolute atomic E-state index is 0.0494. The van der Waals surface area contributed by atoms with Crippen molar-refractivity contribution in [3.63, 3.8) is 0 Å². The van der Waals surface area contributed by atoms with E-state index in [1.54, 1.807) is 6.07 Å². The van der Waals surface area contributed by atoms with E-state index in [2.05, 4.69) is 37.1 Å². The molecule has 0 bridgehead atoms. The predicted octanol–water partition coefficient (Wildman–Crippen LogP) is 5.09. The fourth-order valence-electron chi connectivity index (χ4n) is 4.37. The van der Waals surface area contributed by atoms with Gasteiger partial charge in [-0.25, -0.2) is 14.4 Å². The van der Waals surface area contributed by atoms with Crippen LogP contribution in [0.3, 0.4) is 0 Å². The zero-order valence-electron chi connectivity index (χ0n) is 18.1. The molecule has 170 valence electrons. The van der Waals surface area contributed by atoms with Gasteiger partial charge in [0.2, 0.25) is 0 Å². The Balaban J connectivity index is 1.49. The van der Waals surface area contributed by atoms with Gasteiger partial charge in [-0.15, -0.1) is 0 Å². The Kier molecular flexibility index (Phi) is 6.26. The molecule has 1 fully saturated rings. The van der Waals surface area contributed by atoms with E-state index in [9.17, 15) is 9.50 Å². The molecule has 8 heteroatoms. The lowest BCUT2D eigenvalue weighted by Gasteiger charge is -2.14. The highest BCUT2D eigenvalue weighted by Gasteiger charge is 2.16. The summed E-state index contributed by atoms with van der Waals surface area (Å²) in [4.78, 5) is 11.2. The zero-order valence-corrected chi connectivity index (χ0v) is 18.9. The smallest absolute Gasteiger partial charge is 0.141 e. The second kappa shape index (κ2) is 9.47. The van der Waals surface area contributed by atoms with E-state index in [0.29, 0.717) is 17.9 Å². The molecule has 0 amide bonds. The van der Waals surface area contributed by atoms with Gasteiger partial charge in [0, 0.05) is 42.3 Å². The van der Waals surface area contributed by atoms with Gasteiger partial charge in [0.1, 0.15) is 18.0 Å². The van der Waals surface area contributed by atoms with Gasteiger partial charge >= 0.3 is 0 Å². The van der Waals surface area contributed by atoms with Crippen molar-refractivity contribution < 1.29 is 9.50 Å². The van der Waals surface area contributed by atoms with Crippen molar-refractivity contribution >= 4 is 34.0 Å². The molecule has 33 heavy (non-hydrogen) atoms. The number of nitrogens with one attached hydrogen (secondary N) is 1. The number of fused-ring (bicyclic) bond motifs is 1. The molecule has 2 N–H and O–H groups in total. The number of rotatable bonds is 7. The largest absolute Gasteiger partial charge is 0.396 e. The molecule has 0 saturated carbocycles. The highest BCUT2D eigenvalue weighted by Crippen LogP contribution is 2.28. The van der Waals surface area contributed by atoms with E-state index in [4.69, 9.17) is 11.6 Å². The first-order valence-electron chi connectivity index (χ1n) is 11.1. The Morgan fingerprint density at radius 3 is 2.64 bits per heavy atom. The summed E-state index contributed by atoms with van der Waals surface area (Å²) < 4.78 is 15.6. The third kappa shape index (κ3) is 4.71. The maximum absolute atomic E-state index is 13.5. The van der Waals surface area contributed by atoms with E-state index in [1.807, 2.05) is 18.2 Å². The Morgan fingerprint density at radius 1 is 1.03 bits per heavy atom. The highest BCUT2D eigenvalue weighted by atomic mass is 35.5.